The molecule has 0 saturated heterocycles. The van der Waals surface area contributed by atoms with E-state index in [1.165, 1.54) is 12.8 Å². The van der Waals surface area contributed by atoms with Gasteiger partial charge in [-0.2, -0.15) is 4.98 Å². The zero-order chi connectivity index (χ0) is 23.1. The molecule has 1 aromatic rings. The third-order valence-electron chi connectivity index (χ3n) is 6.98. The summed E-state index contributed by atoms with van der Waals surface area (Å²) in [5, 5.41) is 3.48. The lowest BCUT2D eigenvalue weighted by molar-refractivity contribution is -0.125. The minimum Gasteiger partial charge on any atom is -0.400 e. The summed E-state index contributed by atoms with van der Waals surface area (Å²) in [6, 6.07) is 0.389. The standard InChI is InChI=1S/C24H35N7O/c1-23(2)15-31(17-10-6-7-11-17)20-18(30(5)21(23)32)14-27-22(28-20)29-24(3)12-8-9-16(13-26-4)19(24)25/h8-9,13-14,17H,6-7,10-12,15,25H2,1-5H3,(H,27,28,29). The quantitative estimate of drug-likeness (QED) is 0.702. The van der Waals surface area contributed by atoms with Crippen LogP contribution in [0.2, 0.25) is 0 Å². The molecule has 1 unspecified atom stereocenters. The minimum absolute atomic E-state index is 0.0867. The summed E-state index contributed by atoms with van der Waals surface area (Å²) in [7, 11) is 3.56. The maximum Gasteiger partial charge on any atom is 0.234 e. The maximum absolute atomic E-state index is 13.2. The van der Waals surface area contributed by atoms with Gasteiger partial charge in [-0.15, -0.1) is 0 Å². The molecule has 172 valence electrons. The van der Waals surface area contributed by atoms with Crippen LogP contribution in [0.4, 0.5) is 17.5 Å². The second-order valence-corrected chi connectivity index (χ2v) is 10.0. The second kappa shape index (κ2) is 8.22. The van der Waals surface area contributed by atoms with Crippen molar-refractivity contribution in [1.29, 1.82) is 0 Å². The van der Waals surface area contributed by atoms with E-state index < -0.39 is 11.0 Å². The molecule has 1 aliphatic heterocycles. The van der Waals surface area contributed by atoms with Crippen LogP contribution in [0.1, 0.15) is 52.9 Å². The van der Waals surface area contributed by atoms with E-state index in [0.717, 1.165) is 36.3 Å². The third-order valence-corrected chi connectivity index (χ3v) is 6.98. The van der Waals surface area contributed by atoms with Crippen LogP contribution in [0, 0.1) is 5.41 Å². The number of rotatable bonds is 4. The normalized spacial score (nSPS) is 26.1. The number of carbonyl (C=O) groups excluding carboxylic acids is 1. The second-order valence-electron chi connectivity index (χ2n) is 10.0. The first-order valence-corrected chi connectivity index (χ1v) is 11.5. The van der Waals surface area contributed by atoms with Gasteiger partial charge in [-0.1, -0.05) is 25.0 Å². The topological polar surface area (TPSA) is 99.7 Å². The Hall–Kier alpha value is -2.90. The lowest BCUT2D eigenvalue weighted by atomic mass is 9.86. The van der Waals surface area contributed by atoms with E-state index >= 15 is 0 Å². The van der Waals surface area contributed by atoms with E-state index in [2.05, 4.69) is 33.2 Å². The molecule has 3 aliphatic rings. The first-order valence-electron chi connectivity index (χ1n) is 11.5. The van der Waals surface area contributed by atoms with Crippen LogP contribution in [0.25, 0.3) is 0 Å². The highest BCUT2D eigenvalue weighted by molar-refractivity contribution is 6.00. The lowest BCUT2D eigenvalue weighted by Gasteiger charge is -2.35. The highest BCUT2D eigenvalue weighted by Gasteiger charge is 2.42. The molecule has 0 aromatic carbocycles. The van der Waals surface area contributed by atoms with Crippen molar-refractivity contribution >= 4 is 29.6 Å². The fourth-order valence-electron chi connectivity index (χ4n) is 5.08. The molecule has 1 aromatic heterocycles. The molecule has 0 radical (unpaired) electrons. The van der Waals surface area contributed by atoms with Gasteiger partial charge in [-0.05, 0) is 40.0 Å². The molecule has 2 aliphatic carbocycles. The lowest BCUT2D eigenvalue weighted by Crippen LogP contribution is -2.45. The Bertz CT molecular complexity index is 986. The van der Waals surface area contributed by atoms with Crippen molar-refractivity contribution in [1.82, 2.24) is 9.97 Å². The van der Waals surface area contributed by atoms with Gasteiger partial charge in [-0.3, -0.25) is 9.79 Å². The molecule has 8 heteroatoms. The SMILES string of the molecule is CN=CC1=C(N)C(C)(Nc2ncc3c(n2)N(C2CCCC2)CC(C)(C)C(=O)N3C)CC=C1. The number of aliphatic imine (C=N–C) groups is 1. The van der Waals surface area contributed by atoms with Crippen LogP contribution in [-0.4, -0.2) is 54.3 Å². The van der Waals surface area contributed by atoms with E-state index in [0.29, 0.717) is 24.2 Å². The van der Waals surface area contributed by atoms with Crippen LogP contribution in [0.3, 0.4) is 0 Å². The Morgan fingerprint density at radius 2 is 2.00 bits per heavy atom. The van der Waals surface area contributed by atoms with Crippen LogP contribution < -0.4 is 20.9 Å². The number of carbonyl (C=O) groups is 1. The molecule has 8 nitrogen and oxygen atoms in total. The van der Waals surface area contributed by atoms with E-state index in [1.54, 1.807) is 24.4 Å². The summed E-state index contributed by atoms with van der Waals surface area (Å²) in [4.78, 5) is 30.9. The van der Waals surface area contributed by atoms with Crippen LogP contribution in [0.15, 0.2) is 34.6 Å². The van der Waals surface area contributed by atoms with Gasteiger partial charge in [0, 0.05) is 44.2 Å². The molecule has 3 N–H and O–H groups in total. The Morgan fingerprint density at radius 3 is 2.69 bits per heavy atom. The molecule has 1 saturated carbocycles. The average molecular weight is 438 g/mol. The van der Waals surface area contributed by atoms with Crippen molar-refractivity contribution in [3.05, 3.63) is 29.6 Å². The molecule has 0 spiro atoms. The van der Waals surface area contributed by atoms with Gasteiger partial charge >= 0.3 is 0 Å². The zero-order valence-electron chi connectivity index (χ0n) is 19.9. The number of aromatic nitrogens is 2. The van der Waals surface area contributed by atoms with E-state index in [-0.39, 0.29) is 5.91 Å². The van der Waals surface area contributed by atoms with Gasteiger partial charge in [0.05, 0.1) is 17.2 Å². The summed E-state index contributed by atoms with van der Waals surface area (Å²) in [5.41, 5.74) is 7.84. The number of allylic oxidation sites excluding steroid dienone is 2. The highest BCUT2D eigenvalue weighted by Crippen LogP contribution is 2.40. The van der Waals surface area contributed by atoms with Gasteiger partial charge in [0.1, 0.15) is 5.69 Å². The highest BCUT2D eigenvalue weighted by atomic mass is 16.2. The zero-order valence-corrected chi connectivity index (χ0v) is 19.9. The monoisotopic (exact) mass is 437 g/mol. The predicted molar refractivity (Wildman–Crippen MR) is 130 cm³/mol. The Balaban J connectivity index is 1.74. The number of anilines is 3. The fourth-order valence-corrected chi connectivity index (χ4v) is 5.08. The fraction of sp³-hybridized carbons (Fsp3) is 0.583. The van der Waals surface area contributed by atoms with Crippen molar-refractivity contribution in [2.45, 2.75) is 64.5 Å². The first kappa shape index (κ1) is 22.3. The molecular weight excluding hydrogens is 402 g/mol. The number of fused-ring (bicyclic) bond motifs is 1. The van der Waals surface area contributed by atoms with Crippen molar-refractivity contribution in [2.24, 2.45) is 16.1 Å². The van der Waals surface area contributed by atoms with Gasteiger partial charge in [-0.25, -0.2) is 4.98 Å². The molecule has 0 bridgehead atoms. The van der Waals surface area contributed by atoms with Gasteiger partial charge < -0.3 is 20.9 Å². The molecule has 4 rings (SSSR count). The summed E-state index contributed by atoms with van der Waals surface area (Å²) < 4.78 is 0. The number of hydrogen-bond donors (Lipinski definition) is 2. The molecule has 32 heavy (non-hydrogen) atoms. The van der Waals surface area contributed by atoms with Crippen LogP contribution in [0.5, 0.6) is 0 Å². The smallest absolute Gasteiger partial charge is 0.234 e. The van der Waals surface area contributed by atoms with Crippen LogP contribution in [-0.2, 0) is 4.79 Å². The average Bonchev–Trinajstić information content (AvgIpc) is 3.27. The predicted octanol–water partition coefficient (Wildman–Crippen LogP) is 3.27. The molecule has 1 fully saturated rings. The summed E-state index contributed by atoms with van der Waals surface area (Å²) >= 11 is 0. The minimum atomic E-state index is -0.524. The number of nitrogens with zero attached hydrogens (tertiary/aromatic N) is 5. The van der Waals surface area contributed by atoms with E-state index in [1.807, 2.05) is 27.0 Å². The van der Waals surface area contributed by atoms with Crippen molar-refractivity contribution in [3.63, 3.8) is 0 Å². The number of amides is 1. The van der Waals surface area contributed by atoms with Crippen molar-refractivity contribution in [3.8, 4) is 0 Å². The molecular formula is C24H35N7O. The molecule has 2 heterocycles. The third kappa shape index (κ3) is 3.87. The maximum atomic E-state index is 13.2. The summed E-state index contributed by atoms with van der Waals surface area (Å²) in [6.07, 6.45) is 13.0. The van der Waals surface area contributed by atoms with E-state index in [9.17, 15) is 4.79 Å². The number of hydrogen-bond acceptors (Lipinski definition) is 7. The Labute approximate surface area is 190 Å². The number of nitrogens with two attached hydrogens (primary N) is 1. The van der Waals surface area contributed by atoms with Crippen molar-refractivity contribution in [2.75, 3.05) is 35.8 Å². The van der Waals surface area contributed by atoms with Crippen LogP contribution >= 0.6 is 0 Å². The van der Waals surface area contributed by atoms with Gasteiger partial charge in [0.15, 0.2) is 5.82 Å². The van der Waals surface area contributed by atoms with Gasteiger partial charge in [0.2, 0.25) is 11.9 Å². The van der Waals surface area contributed by atoms with E-state index in [4.69, 9.17) is 10.7 Å². The van der Waals surface area contributed by atoms with Crippen molar-refractivity contribution < 1.29 is 4.79 Å². The first-order chi connectivity index (χ1) is 15.2. The number of nitrogens with one attached hydrogen (secondary N) is 1. The Kier molecular flexibility index (Phi) is 5.73. The largest absolute Gasteiger partial charge is 0.400 e. The molecule has 1 atom stereocenters. The van der Waals surface area contributed by atoms with Gasteiger partial charge in [0.25, 0.3) is 0 Å². The Morgan fingerprint density at radius 1 is 1.28 bits per heavy atom. The summed E-state index contributed by atoms with van der Waals surface area (Å²) in [5.74, 6) is 1.42. The molecule has 1 amide bonds. The summed E-state index contributed by atoms with van der Waals surface area (Å²) in [6.45, 7) is 6.73.